The number of rotatable bonds is 5. The van der Waals surface area contributed by atoms with Gasteiger partial charge in [0.15, 0.2) is 0 Å². The molecule has 1 fully saturated rings. The maximum atomic E-state index is 13.0. The molecule has 0 bridgehead atoms. The second kappa shape index (κ2) is 8.60. The Kier molecular flexibility index (Phi) is 5.90. The molecule has 1 saturated heterocycles. The topological polar surface area (TPSA) is 78.5 Å². The number of methoxy groups -OCH3 is 1. The lowest BCUT2D eigenvalue weighted by molar-refractivity contribution is -0.131. The minimum Gasteiger partial charge on any atom is -0.497 e. The Hall–Kier alpha value is -2.67. The van der Waals surface area contributed by atoms with E-state index in [4.69, 9.17) is 9.72 Å². The van der Waals surface area contributed by atoms with Gasteiger partial charge in [0.1, 0.15) is 11.6 Å². The van der Waals surface area contributed by atoms with Gasteiger partial charge in [-0.25, -0.2) is 4.98 Å². The Balaban J connectivity index is 1.54. The molecule has 1 aromatic heterocycles. The zero-order chi connectivity index (χ0) is 21.3. The Bertz CT molecular complexity index is 985. The first kappa shape index (κ1) is 20.6. The number of carbonyl (C=O) groups is 1. The number of hydrogen-bond acceptors (Lipinski definition) is 5. The standard InChI is InChI=1S/C23H30N4O3/c1-15(2)26-11-9-19-18(14-26)23(29)25-22(24-19)20-8-5-10-27(20)21(28)13-16-6-4-7-17(12-16)30-3/h4,6-7,12,15,20H,5,8-11,13-14H2,1-3H3,(H,24,25,29)/t20-/m1/s1. The summed E-state index contributed by atoms with van der Waals surface area (Å²) in [7, 11) is 1.62. The van der Waals surface area contributed by atoms with Crippen molar-refractivity contribution < 1.29 is 9.53 Å². The molecule has 160 valence electrons. The van der Waals surface area contributed by atoms with Gasteiger partial charge in [0.2, 0.25) is 5.91 Å². The second-order valence-electron chi connectivity index (χ2n) is 8.46. The predicted octanol–water partition coefficient (Wildman–Crippen LogP) is 2.45. The van der Waals surface area contributed by atoms with E-state index >= 15 is 0 Å². The Morgan fingerprint density at radius 3 is 2.93 bits per heavy atom. The smallest absolute Gasteiger partial charge is 0.255 e. The third-order valence-corrected chi connectivity index (χ3v) is 6.23. The number of aromatic amines is 1. The van der Waals surface area contributed by atoms with Crippen LogP contribution in [0.25, 0.3) is 0 Å². The van der Waals surface area contributed by atoms with Crippen molar-refractivity contribution in [3.63, 3.8) is 0 Å². The van der Waals surface area contributed by atoms with Crippen LogP contribution in [-0.2, 0) is 24.2 Å². The number of aromatic nitrogens is 2. The second-order valence-corrected chi connectivity index (χ2v) is 8.46. The minimum absolute atomic E-state index is 0.0529. The number of hydrogen-bond donors (Lipinski definition) is 1. The van der Waals surface area contributed by atoms with Crippen LogP contribution in [0, 0.1) is 0 Å². The summed E-state index contributed by atoms with van der Waals surface area (Å²) in [4.78, 5) is 37.8. The highest BCUT2D eigenvalue weighted by atomic mass is 16.5. The summed E-state index contributed by atoms with van der Waals surface area (Å²) in [5.41, 5.74) is 2.52. The Morgan fingerprint density at radius 1 is 1.33 bits per heavy atom. The molecule has 30 heavy (non-hydrogen) atoms. The number of fused-ring (bicyclic) bond motifs is 1. The maximum Gasteiger partial charge on any atom is 0.255 e. The van der Waals surface area contributed by atoms with Gasteiger partial charge in [0.05, 0.1) is 30.8 Å². The van der Waals surface area contributed by atoms with E-state index in [9.17, 15) is 9.59 Å². The van der Waals surface area contributed by atoms with Crippen molar-refractivity contribution in [3.05, 3.63) is 57.3 Å². The molecule has 1 N–H and O–H groups in total. The molecule has 4 rings (SSSR count). The average molecular weight is 411 g/mol. The van der Waals surface area contributed by atoms with E-state index in [0.29, 0.717) is 31.4 Å². The fourth-order valence-corrected chi connectivity index (χ4v) is 4.47. The molecule has 0 radical (unpaired) electrons. The average Bonchev–Trinajstić information content (AvgIpc) is 3.23. The molecule has 7 nitrogen and oxygen atoms in total. The Morgan fingerprint density at radius 2 is 2.17 bits per heavy atom. The third-order valence-electron chi connectivity index (χ3n) is 6.23. The van der Waals surface area contributed by atoms with Crippen molar-refractivity contribution in [2.45, 2.75) is 58.2 Å². The molecule has 1 atom stereocenters. The van der Waals surface area contributed by atoms with E-state index in [1.54, 1.807) is 7.11 Å². The van der Waals surface area contributed by atoms with Crippen LogP contribution in [0.15, 0.2) is 29.1 Å². The van der Waals surface area contributed by atoms with E-state index in [1.165, 1.54) is 0 Å². The minimum atomic E-state index is -0.163. The fraction of sp³-hybridized carbons (Fsp3) is 0.522. The van der Waals surface area contributed by atoms with Gasteiger partial charge < -0.3 is 14.6 Å². The summed E-state index contributed by atoms with van der Waals surface area (Å²) in [6.45, 7) is 6.52. The molecule has 0 unspecified atom stereocenters. The van der Waals surface area contributed by atoms with Crippen LogP contribution in [0.5, 0.6) is 5.75 Å². The van der Waals surface area contributed by atoms with Gasteiger partial charge in [-0.05, 0) is 44.4 Å². The molecule has 2 aromatic rings. The van der Waals surface area contributed by atoms with Gasteiger partial charge >= 0.3 is 0 Å². The van der Waals surface area contributed by atoms with Gasteiger partial charge in [-0.2, -0.15) is 0 Å². The highest BCUT2D eigenvalue weighted by Gasteiger charge is 2.33. The van der Waals surface area contributed by atoms with Crippen molar-refractivity contribution in [1.82, 2.24) is 19.8 Å². The van der Waals surface area contributed by atoms with Crippen LogP contribution in [0.2, 0.25) is 0 Å². The number of amides is 1. The summed E-state index contributed by atoms with van der Waals surface area (Å²) in [5.74, 6) is 1.43. The van der Waals surface area contributed by atoms with Crippen molar-refractivity contribution in [2.75, 3.05) is 20.2 Å². The predicted molar refractivity (Wildman–Crippen MR) is 114 cm³/mol. The van der Waals surface area contributed by atoms with Crippen LogP contribution in [0.1, 0.15) is 55.4 Å². The molecular formula is C23H30N4O3. The summed E-state index contributed by atoms with van der Waals surface area (Å²) >= 11 is 0. The molecule has 1 amide bonds. The molecule has 7 heteroatoms. The van der Waals surface area contributed by atoms with Gasteiger partial charge in [0, 0.05) is 32.1 Å². The van der Waals surface area contributed by atoms with E-state index in [1.807, 2.05) is 29.2 Å². The van der Waals surface area contributed by atoms with Crippen LogP contribution in [0.4, 0.5) is 0 Å². The number of nitrogens with one attached hydrogen (secondary N) is 1. The number of H-pyrrole nitrogens is 1. The quantitative estimate of drug-likeness (QED) is 0.819. The summed E-state index contributed by atoms with van der Waals surface area (Å²) in [6.07, 6.45) is 2.82. The maximum absolute atomic E-state index is 13.0. The molecule has 0 saturated carbocycles. The van der Waals surface area contributed by atoms with Crippen molar-refractivity contribution in [3.8, 4) is 5.75 Å². The fourth-order valence-electron chi connectivity index (χ4n) is 4.47. The van der Waals surface area contributed by atoms with E-state index in [0.717, 1.165) is 48.4 Å². The van der Waals surface area contributed by atoms with Gasteiger partial charge in [-0.15, -0.1) is 0 Å². The number of benzene rings is 1. The van der Waals surface area contributed by atoms with Gasteiger partial charge in [-0.3, -0.25) is 14.5 Å². The van der Waals surface area contributed by atoms with Crippen LogP contribution < -0.4 is 10.3 Å². The highest BCUT2D eigenvalue weighted by molar-refractivity contribution is 5.79. The zero-order valence-corrected chi connectivity index (χ0v) is 18.0. The highest BCUT2D eigenvalue weighted by Crippen LogP contribution is 2.31. The number of likely N-dealkylation sites (tertiary alicyclic amines) is 1. The third kappa shape index (κ3) is 4.12. The Labute approximate surface area is 177 Å². The van der Waals surface area contributed by atoms with E-state index < -0.39 is 0 Å². The van der Waals surface area contributed by atoms with E-state index in [-0.39, 0.29) is 17.5 Å². The zero-order valence-electron chi connectivity index (χ0n) is 18.0. The van der Waals surface area contributed by atoms with Crippen molar-refractivity contribution in [1.29, 1.82) is 0 Å². The van der Waals surface area contributed by atoms with Crippen molar-refractivity contribution in [2.24, 2.45) is 0 Å². The molecule has 2 aliphatic heterocycles. The number of carbonyl (C=O) groups excluding carboxylic acids is 1. The largest absolute Gasteiger partial charge is 0.497 e. The molecule has 3 heterocycles. The first-order valence-electron chi connectivity index (χ1n) is 10.7. The van der Waals surface area contributed by atoms with E-state index in [2.05, 4.69) is 23.7 Å². The van der Waals surface area contributed by atoms with Crippen LogP contribution in [0.3, 0.4) is 0 Å². The number of ether oxygens (including phenoxy) is 1. The molecule has 0 aliphatic carbocycles. The lowest BCUT2D eigenvalue weighted by atomic mass is 10.0. The van der Waals surface area contributed by atoms with Crippen LogP contribution in [-0.4, -0.2) is 51.9 Å². The summed E-state index contributed by atoms with van der Waals surface area (Å²) < 4.78 is 5.26. The van der Waals surface area contributed by atoms with Gasteiger partial charge in [-0.1, -0.05) is 12.1 Å². The molecular weight excluding hydrogens is 380 g/mol. The molecule has 0 spiro atoms. The monoisotopic (exact) mass is 410 g/mol. The van der Waals surface area contributed by atoms with Crippen molar-refractivity contribution >= 4 is 5.91 Å². The lowest BCUT2D eigenvalue weighted by Gasteiger charge is -2.31. The lowest BCUT2D eigenvalue weighted by Crippen LogP contribution is -2.40. The van der Waals surface area contributed by atoms with Crippen LogP contribution >= 0.6 is 0 Å². The SMILES string of the molecule is COc1cccc(CC(=O)N2CCC[C@@H]2c2nc3c(c(=O)[nH]2)CN(C(C)C)CC3)c1. The first-order valence-corrected chi connectivity index (χ1v) is 10.7. The molecule has 2 aliphatic rings. The summed E-state index contributed by atoms with van der Waals surface area (Å²) in [5, 5.41) is 0. The molecule has 1 aromatic carbocycles. The summed E-state index contributed by atoms with van der Waals surface area (Å²) in [6, 6.07) is 7.83. The first-order chi connectivity index (χ1) is 14.5. The number of nitrogens with zero attached hydrogens (tertiary/aromatic N) is 3. The van der Waals surface area contributed by atoms with Gasteiger partial charge in [0.25, 0.3) is 5.56 Å². The normalized spacial score (nSPS) is 19.2.